The van der Waals surface area contributed by atoms with Crippen molar-refractivity contribution in [2.24, 2.45) is 0 Å². The predicted molar refractivity (Wildman–Crippen MR) is 65.6 cm³/mol. The van der Waals surface area contributed by atoms with Crippen molar-refractivity contribution in [3.05, 3.63) is 47.8 Å². The minimum Gasteiger partial charge on any atom is -0.384 e. The van der Waals surface area contributed by atoms with Crippen LogP contribution in [-0.2, 0) is 0 Å². The van der Waals surface area contributed by atoms with Crippen LogP contribution in [0, 0.1) is 6.92 Å². The number of aromatic nitrogens is 2. The van der Waals surface area contributed by atoms with Gasteiger partial charge >= 0.3 is 0 Å². The maximum atomic E-state index is 11.8. The van der Waals surface area contributed by atoms with E-state index in [-0.39, 0.29) is 5.91 Å². The first-order valence-electron chi connectivity index (χ1n) is 5.12. The Hall–Kier alpha value is -2.43. The molecule has 5 nitrogen and oxygen atoms in total. The van der Waals surface area contributed by atoms with E-state index in [1.807, 2.05) is 19.1 Å². The van der Waals surface area contributed by atoms with Crippen molar-refractivity contribution >= 4 is 17.5 Å². The Morgan fingerprint density at radius 1 is 1.35 bits per heavy atom. The first-order valence-corrected chi connectivity index (χ1v) is 5.12. The van der Waals surface area contributed by atoms with E-state index >= 15 is 0 Å². The first-order chi connectivity index (χ1) is 8.15. The Morgan fingerprint density at radius 2 is 2.18 bits per heavy atom. The molecule has 1 amide bonds. The van der Waals surface area contributed by atoms with Gasteiger partial charge in [-0.2, -0.15) is 0 Å². The van der Waals surface area contributed by atoms with E-state index in [9.17, 15) is 4.79 Å². The molecule has 0 saturated carbocycles. The molecule has 5 heteroatoms. The monoisotopic (exact) mass is 228 g/mol. The first kappa shape index (κ1) is 11.1. The van der Waals surface area contributed by atoms with Gasteiger partial charge in [0.1, 0.15) is 11.6 Å². The largest absolute Gasteiger partial charge is 0.384 e. The standard InChI is InChI=1S/C12H12N4O/c1-8-3-2-4-11(15-8)16-12(17)9-5-6-14-10(13)7-9/h2-7H,1H3,(H2,13,14)(H,15,16,17). The van der Waals surface area contributed by atoms with Gasteiger partial charge in [0.2, 0.25) is 0 Å². The predicted octanol–water partition coefficient (Wildman–Crippen LogP) is 1.62. The molecule has 2 aromatic rings. The number of amides is 1. The van der Waals surface area contributed by atoms with E-state index < -0.39 is 0 Å². The van der Waals surface area contributed by atoms with Gasteiger partial charge in [-0.05, 0) is 31.2 Å². The molecule has 0 aliphatic heterocycles. The third-order valence-corrected chi connectivity index (χ3v) is 2.17. The summed E-state index contributed by atoms with van der Waals surface area (Å²) < 4.78 is 0. The maximum Gasteiger partial charge on any atom is 0.257 e. The van der Waals surface area contributed by atoms with Crippen molar-refractivity contribution < 1.29 is 4.79 Å². The van der Waals surface area contributed by atoms with E-state index in [2.05, 4.69) is 15.3 Å². The SMILES string of the molecule is Cc1cccc(NC(=O)c2ccnc(N)c2)n1. The highest BCUT2D eigenvalue weighted by molar-refractivity contribution is 6.04. The van der Waals surface area contributed by atoms with E-state index in [1.165, 1.54) is 12.3 Å². The number of carbonyl (C=O) groups excluding carboxylic acids is 1. The summed E-state index contributed by atoms with van der Waals surface area (Å²) in [7, 11) is 0. The maximum absolute atomic E-state index is 11.8. The lowest BCUT2D eigenvalue weighted by Crippen LogP contribution is -2.13. The molecule has 0 aromatic carbocycles. The molecular weight excluding hydrogens is 216 g/mol. The molecule has 0 fully saturated rings. The Labute approximate surface area is 98.7 Å². The molecule has 0 bridgehead atoms. The summed E-state index contributed by atoms with van der Waals surface area (Å²) in [6.07, 6.45) is 1.49. The number of aryl methyl sites for hydroxylation is 1. The Bertz CT molecular complexity index is 554. The number of hydrogen-bond donors (Lipinski definition) is 2. The molecule has 2 heterocycles. The van der Waals surface area contributed by atoms with Gasteiger partial charge in [-0.25, -0.2) is 9.97 Å². The number of rotatable bonds is 2. The number of carbonyl (C=O) groups is 1. The molecule has 3 N–H and O–H groups in total. The van der Waals surface area contributed by atoms with Crippen LogP contribution in [0.1, 0.15) is 16.1 Å². The van der Waals surface area contributed by atoms with Crippen LogP contribution in [0.5, 0.6) is 0 Å². The fraction of sp³-hybridized carbons (Fsp3) is 0.0833. The number of nitrogen functional groups attached to an aromatic ring is 1. The molecule has 2 aromatic heterocycles. The zero-order chi connectivity index (χ0) is 12.3. The summed E-state index contributed by atoms with van der Waals surface area (Å²) in [5, 5.41) is 2.69. The number of anilines is 2. The third-order valence-electron chi connectivity index (χ3n) is 2.17. The van der Waals surface area contributed by atoms with E-state index in [0.717, 1.165) is 5.69 Å². The molecule has 0 radical (unpaired) electrons. The minimum atomic E-state index is -0.253. The highest BCUT2D eigenvalue weighted by atomic mass is 16.1. The normalized spacial score (nSPS) is 9.94. The van der Waals surface area contributed by atoms with Crippen LogP contribution in [-0.4, -0.2) is 15.9 Å². The summed E-state index contributed by atoms with van der Waals surface area (Å²) in [6, 6.07) is 8.54. The summed E-state index contributed by atoms with van der Waals surface area (Å²) in [4.78, 5) is 19.9. The highest BCUT2D eigenvalue weighted by Gasteiger charge is 2.07. The molecule has 0 unspecified atom stereocenters. The Morgan fingerprint density at radius 3 is 2.88 bits per heavy atom. The molecular formula is C12H12N4O. The number of nitrogens with two attached hydrogens (primary N) is 1. The average molecular weight is 228 g/mol. The number of nitrogens with one attached hydrogen (secondary N) is 1. The van der Waals surface area contributed by atoms with Crippen LogP contribution in [0.4, 0.5) is 11.6 Å². The Balaban J connectivity index is 2.17. The van der Waals surface area contributed by atoms with Gasteiger partial charge in [-0.15, -0.1) is 0 Å². The van der Waals surface area contributed by atoms with Crippen LogP contribution in [0.25, 0.3) is 0 Å². The van der Waals surface area contributed by atoms with Gasteiger partial charge in [0, 0.05) is 17.5 Å². The van der Waals surface area contributed by atoms with Crippen LogP contribution in [0.2, 0.25) is 0 Å². The fourth-order valence-corrected chi connectivity index (χ4v) is 1.39. The van der Waals surface area contributed by atoms with Gasteiger partial charge in [0.15, 0.2) is 0 Å². The second-order valence-electron chi connectivity index (χ2n) is 3.59. The van der Waals surface area contributed by atoms with Crippen molar-refractivity contribution in [1.82, 2.24) is 9.97 Å². The molecule has 0 spiro atoms. The lowest BCUT2D eigenvalue weighted by Gasteiger charge is -2.05. The lowest BCUT2D eigenvalue weighted by molar-refractivity contribution is 0.102. The van der Waals surface area contributed by atoms with Crippen LogP contribution in [0.15, 0.2) is 36.5 Å². The van der Waals surface area contributed by atoms with Crippen molar-refractivity contribution in [2.75, 3.05) is 11.1 Å². The number of pyridine rings is 2. The molecule has 0 aliphatic carbocycles. The average Bonchev–Trinajstić information content (AvgIpc) is 2.29. The van der Waals surface area contributed by atoms with E-state index in [1.54, 1.807) is 12.1 Å². The number of hydrogen-bond acceptors (Lipinski definition) is 4. The summed E-state index contributed by atoms with van der Waals surface area (Å²) >= 11 is 0. The highest BCUT2D eigenvalue weighted by Crippen LogP contribution is 2.08. The van der Waals surface area contributed by atoms with Gasteiger partial charge in [-0.3, -0.25) is 4.79 Å². The molecule has 17 heavy (non-hydrogen) atoms. The molecule has 86 valence electrons. The quantitative estimate of drug-likeness (QED) is 0.818. The van der Waals surface area contributed by atoms with E-state index in [0.29, 0.717) is 17.2 Å². The smallest absolute Gasteiger partial charge is 0.257 e. The Kier molecular flexibility index (Phi) is 3.00. The van der Waals surface area contributed by atoms with Gasteiger partial charge in [-0.1, -0.05) is 6.07 Å². The lowest BCUT2D eigenvalue weighted by atomic mass is 10.2. The second-order valence-corrected chi connectivity index (χ2v) is 3.59. The zero-order valence-electron chi connectivity index (χ0n) is 9.34. The van der Waals surface area contributed by atoms with Crippen LogP contribution in [0.3, 0.4) is 0 Å². The van der Waals surface area contributed by atoms with Crippen molar-refractivity contribution in [3.8, 4) is 0 Å². The van der Waals surface area contributed by atoms with Crippen molar-refractivity contribution in [3.63, 3.8) is 0 Å². The minimum absolute atomic E-state index is 0.253. The van der Waals surface area contributed by atoms with Crippen LogP contribution < -0.4 is 11.1 Å². The molecule has 2 rings (SSSR count). The van der Waals surface area contributed by atoms with Gasteiger partial charge < -0.3 is 11.1 Å². The molecule has 0 aliphatic rings. The molecule has 0 saturated heterocycles. The van der Waals surface area contributed by atoms with Gasteiger partial charge in [0.05, 0.1) is 0 Å². The van der Waals surface area contributed by atoms with Gasteiger partial charge in [0.25, 0.3) is 5.91 Å². The zero-order valence-corrected chi connectivity index (χ0v) is 9.34. The summed E-state index contributed by atoms with van der Waals surface area (Å²) in [5.41, 5.74) is 6.81. The number of nitrogens with zero attached hydrogens (tertiary/aromatic N) is 2. The van der Waals surface area contributed by atoms with E-state index in [4.69, 9.17) is 5.73 Å². The fourth-order valence-electron chi connectivity index (χ4n) is 1.39. The van der Waals surface area contributed by atoms with Crippen LogP contribution >= 0.6 is 0 Å². The van der Waals surface area contributed by atoms with Crippen molar-refractivity contribution in [1.29, 1.82) is 0 Å². The second kappa shape index (κ2) is 4.61. The summed E-state index contributed by atoms with van der Waals surface area (Å²) in [6.45, 7) is 1.86. The molecule has 0 atom stereocenters. The summed E-state index contributed by atoms with van der Waals surface area (Å²) in [5.74, 6) is 0.581. The third kappa shape index (κ3) is 2.78. The topological polar surface area (TPSA) is 80.9 Å². The van der Waals surface area contributed by atoms with Crippen molar-refractivity contribution in [2.45, 2.75) is 6.92 Å².